The molecule has 4 N–H and O–H groups in total. The molecule has 1 heterocycles. The third-order valence-electron chi connectivity index (χ3n) is 2.92. The number of nitrogens with one attached hydrogen (secondary N) is 2. The van der Waals surface area contributed by atoms with Crippen LogP contribution in [0.15, 0.2) is 30.6 Å². The first-order valence-corrected chi connectivity index (χ1v) is 6.11. The predicted octanol–water partition coefficient (Wildman–Crippen LogP) is 1.20. The van der Waals surface area contributed by atoms with Gasteiger partial charge in [-0.3, -0.25) is 9.89 Å². The molecule has 0 fully saturated rings. The molecule has 0 aliphatic rings. The summed E-state index contributed by atoms with van der Waals surface area (Å²) in [6.07, 6.45) is 1.84. The summed E-state index contributed by atoms with van der Waals surface area (Å²) in [6.45, 7) is 2.38. The van der Waals surface area contributed by atoms with Crippen LogP contribution in [0.25, 0.3) is 0 Å². The fourth-order valence-corrected chi connectivity index (χ4v) is 1.79. The van der Waals surface area contributed by atoms with E-state index in [2.05, 4.69) is 20.5 Å². The first-order chi connectivity index (χ1) is 9.15. The molecular weight excluding hydrogens is 242 g/mol. The summed E-state index contributed by atoms with van der Waals surface area (Å²) in [5.74, 6) is 0.782. The molecule has 0 saturated heterocycles. The number of H-pyrrole nitrogens is 1. The van der Waals surface area contributed by atoms with Crippen molar-refractivity contribution in [3.8, 4) is 0 Å². The largest absolute Gasteiger partial charge is 0.399 e. The van der Waals surface area contributed by atoms with Crippen LogP contribution in [-0.4, -0.2) is 21.1 Å². The normalized spacial score (nSPS) is 12.1. The Bertz CT molecular complexity index is 520. The Morgan fingerprint density at radius 3 is 2.79 bits per heavy atom. The Morgan fingerprint density at radius 2 is 2.16 bits per heavy atom. The van der Waals surface area contributed by atoms with Gasteiger partial charge in [0.15, 0.2) is 0 Å². The zero-order valence-electron chi connectivity index (χ0n) is 10.8. The summed E-state index contributed by atoms with van der Waals surface area (Å²) in [5, 5.41) is 9.21. The van der Waals surface area contributed by atoms with Crippen LogP contribution in [0.3, 0.4) is 0 Å². The van der Waals surface area contributed by atoms with E-state index in [-0.39, 0.29) is 11.8 Å². The van der Waals surface area contributed by atoms with E-state index in [0.717, 1.165) is 11.3 Å². The number of rotatable bonds is 5. The molecule has 0 aliphatic heterocycles. The highest BCUT2D eigenvalue weighted by Gasteiger charge is 2.11. The van der Waals surface area contributed by atoms with Crippen molar-refractivity contribution in [2.24, 2.45) is 0 Å². The van der Waals surface area contributed by atoms with E-state index >= 15 is 0 Å². The van der Waals surface area contributed by atoms with Crippen LogP contribution in [0.1, 0.15) is 30.7 Å². The fourth-order valence-electron chi connectivity index (χ4n) is 1.79. The van der Waals surface area contributed by atoms with E-state index in [1.165, 1.54) is 6.33 Å². The smallest absolute Gasteiger partial charge is 0.220 e. The molecule has 1 aromatic heterocycles. The van der Waals surface area contributed by atoms with Crippen LogP contribution >= 0.6 is 0 Å². The quantitative estimate of drug-likeness (QED) is 0.703. The second kappa shape index (κ2) is 5.99. The summed E-state index contributed by atoms with van der Waals surface area (Å²) in [7, 11) is 0. The lowest BCUT2D eigenvalue weighted by Crippen LogP contribution is -2.24. The van der Waals surface area contributed by atoms with Gasteiger partial charge in [0.1, 0.15) is 12.2 Å². The number of anilines is 1. The first kappa shape index (κ1) is 13.1. The molecule has 1 atom stereocenters. The summed E-state index contributed by atoms with van der Waals surface area (Å²) in [4.78, 5) is 15.7. The number of hydrogen-bond donors (Lipinski definition) is 3. The summed E-state index contributed by atoms with van der Waals surface area (Å²) in [5.41, 5.74) is 7.46. The number of amides is 1. The number of aromatic amines is 1. The van der Waals surface area contributed by atoms with Crippen molar-refractivity contribution in [1.29, 1.82) is 0 Å². The molecule has 0 aliphatic carbocycles. The maximum Gasteiger partial charge on any atom is 0.220 e. The van der Waals surface area contributed by atoms with E-state index in [4.69, 9.17) is 5.73 Å². The van der Waals surface area contributed by atoms with Crippen LogP contribution in [-0.2, 0) is 11.3 Å². The highest BCUT2D eigenvalue weighted by Crippen LogP contribution is 2.19. The van der Waals surface area contributed by atoms with Gasteiger partial charge in [-0.1, -0.05) is 19.1 Å². The predicted molar refractivity (Wildman–Crippen MR) is 72.1 cm³/mol. The summed E-state index contributed by atoms with van der Waals surface area (Å²) >= 11 is 0. The number of nitrogens with two attached hydrogens (primary N) is 1. The Labute approximate surface area is 111 Å². The molecule has 6 heteroatoms. The van der Waals surface area contributed by atoms with E-state index in [1.54, 1.807) is 0 Å². The molecule has 1 unspecified atom stereocenters. The molecule has 2 aromatic rings. The SMILES string of the molecule is CC(CC(=O)NCc1ncn[nH]1)c1ccc(N)cc1. The minimum atomic E-state index is -0.0132. The topological polar surface area (TPSA) is 96.7 Å². The van der Waals surface area contributed by atoms with Gasteiger partial charge in [0.25, 0.3) is 0 Å². The van der Waals surface area contributed by atoms with E-state index in [0.29, 0.717) is 18.8 Å². The van der Waals surface area contributed by atoms with E-state index in [1.807, 2.05) is 31.2 Å². The first-order valence-electron chi connectivity index (χ1n) is 6.11. The molecule has 0 saturated carbocycles. The zero-order chi connectivity index (χ0) is 13.7. The van der Waals surface area contributed by atoms with Crippen molar-refractivity contribution in [1.82, 2.24) is 20.5 Å². The Balaban J connectivity index is 1.83. The van der Waals surface area contributed by atoms with E-state index in [9.17, 15) is 4.79 Å². The van der Waals surface area contributed by atoms with Crippen molar-refractivity contribution in [3.63, 3.8) is 0 Å². The van der Waals surface area contributed by atoms with Gasteiger partial charge in [-0.15, -0.1) is 0 Å². The average Bonchev–Trinajstić information content (AvgIpc) is 2.90. The van der Waals surface area contributed by atoms with Crippen molar-refractivity contribution in [2.75, 3.05) is 5.73 Å². The van der Waals surface area contributed by atoms with Gasteiger partial charge < -0.3 is 11.1 Å². The van der Waals surface area contributed by atoms with Gasteiger partial charge in [-0.05, 0) is 23.6 Å². The molecule has 100 valence electrons. The number of carbonyl (C=O) groups is 1. The van der Waals surface area contributed by atoms with Gasteiger partial charge in [0, 0.05) is 12.1 Å². The van der Waals surface area contributed by atoms with Crippen LogP contribution in [0.5, 0.6) is 0 Å². The standard InChI is InChI=1S/C13H17N5O/c1-9(10-2-4-11(14)5-3-10)6-13(19)15-7-12-16-8-17-18-12/h2-5,8-9H,6-7,14H2,1H3,(H,15,19)(H,16,17,18). The van der Waals surface area contributed by atoms with Gasteiger partial charge in [-0.25, -0.2) is 4.98 Å². The number of nitrogen functional groups attached to an aromatic ring is 1. The van der Waals surface area contributed by atoms with Crippen molar-refractivity contribution >= 4 is 11.6 Å². The molecule has 1 amide bonds. The second-order valence-electron chi connectivity index (χ2n) is 4.48. The van der Waals surface area contributed by atoms with Gasteiger partial charge in [0.05, 0.1) is 6.54 Å². The lowest BCUT2D eigenvalue weighted by molar-refractivity contribution is -0.121. The Hall–Kier alpha value is -2.37. The van der Waals surface area contributed by atoms with Crippen LogP contribution in [0.2, 0.25) is 0 Å². The highest BCUT2D eigenvalue weighted by molar-refractivity contribution is 5.76. The van der Waals surface area contributed by atoms with Gasteiger partial charge in [-0.2, -0.15) is 5.10 Å². The summed E-state index contributed by atoms with van der Waals surface area (Å²) < 4.78 is 0. The van der Waals surface area contributed by atoms with Crippen LogP contribution < -0.4 is 11.1 Å². The maximum atomic E-state index is 11.8. The minimum Gasteiger partial charge on any atom is -0.399 e. The third kappa shape index (κ3) is 3.80. The molecule has 0 spiro atoms. The monoisotopic (exact) mass is 259 g/mol. The highest BCUT2D eigenvalue weighted by atomic mass is 16.1. The molecule has 0 bridgehead atoms. The molecule has 0 radical (unpaired) electrons. The van der Waals surface area contributed by atoms with E-state index < -0.39 is 0 Å². The molecule has 2 rings (SSSR count). The Morgan fingerprint density at radius 1 is 1.42 bits per heavy atom. The van der Waals surface area contributed by atoms with Crippen molar-refractivity contribution < 1.29 is 4.79 Å². The average molecular weight is 259 g/mol. The molecule has 6 nitrogen and oxygen atoms in total. The minimum absolute atomic E-state index is 0.0132. The number of benzene rings is 1. The molecular formula is C13H17N5O. The Kier molecular flexibility index (Phi) is 4.12. The zero-order valence-corrected chi connectivity index (χ0v) is 10.8. The molecule has 1 aromatic carbocycles. The van der Waals surface area contributed by atoms with Crippen LogP contribution in [0.4, 0.5) is 5.69 Å². The fraction of sp³-hybridized carbons (Fsp3) is 0.308. The molecule has 19 heavy (non-hydrogen) atoms. The third-order valence-corrected chi connectivity index (χ3v) is 2.92. The van der Waals surface area contributed by atoms with Gasteiger partial charge >= 0.3 is 0 Å². The second-order valence-corrected chi connectivity index (χ2v) is 4.48. The number of carbonyl (C=O) groups excluding carboxylic acids is 1. The lowest BCUT2D eigenvalue weighted by Gasteiger charge is -2.11. The lowest BCUT2D eigenvalue weighted by atomic mass is 9.97. The number of hydrogen-bond acceptors (Lipinski definition) is 4. The van der Waals surface area contributed by atoms with Crippen molar-refractivity contribution in [2.45, 2.75) is 25.8 Å². The van der Waals surface area contributed by atoms with Crippen LogP contribution in [0, 0.1) is 0 Å². The summed E-state index contributed by atoms with van der Waals surface area (Å²) in [6, 6.07) is 7.59. The van der Waals surface area contributed by atoms with Gasteiger partial charge in [0.2, 0.25) is 5.91 Å². The maximum absolute atomic E-state index is 11.8. The number of nitrogens with zero attached hydrogens (tertiary/aromatic N) is 2. The number of aromatic nitrogens is 3. The van der Waals surface area contributed by atoms with Crippen molar-refractivity contribution in [3.05, 3.63) is 42.0 Å².